The maximum Gasteiger partial charge on any atom is 0.119 e. The van der Waals surface area contributed by atoms with Gasteiger partial charge >= 0.3 is 0 Å². The molecule has 0 heterocycles. The van der Waals surface area contributed by atoms with E-state index in [1.807, 2.05) is 56.3 Å². The van der Waals surface area contributed by atoms with Gasteiger partial charge in [-0.3, -0.25) is 0 Å². The topological polar surface area (TPSA) is 69.9 Å². The van der Waals surface area contributed by atoms with Gasteiger partial charge in [-0.2, -0.15) is 0 Å². The summed E-state index contributed by atoms with van der Waals surface area (Å²) in [5, 5.41) is 29.4. The van der Waals surface area contributed by atoms with E-state index in [0.717, 1.165) is 39.1 Å². The molecular weight excluding hydrogens is 364 g/mol. The highest BCUT2D eigenvalue weighted by Gasteiger charge is 2.13. The van der Waals surface area contributed by atoms with Crippen LogP contribution >= 0.6 is 0 Å². The van der Waals surface area contributed by atoms with E-state index in [1.54, 1.807) is 24.3 Å². The molecule has 3 aromatic rings. The van der Waals surface area contributed by atoms with E-state index in [4.69, 9.17) is 4.74 Å². The fraction of sp³-hybridized carbons (Fsp3) is 0.200. The molecule has 3 rings (SSSR count). The number of aliphatic hydroxyl groups excluding tert-OH is 2. The summed E-state index contributed by atoms with van der Waals surface area (Å²) in [5.41, 5.74) is 6.25. The van der Waals surface area contributed by atoms with Gasteiger partial charge in [0.1, 0.15) is 18.1 Å². The summed E-state index contributed by atoms with van der Waals surface area (Å²) in [7, 11) is 0. The van der Waals surface area contributed by atoms with Gasteiger partial charge in [-0.1, -0.05) is 29.8 Å². The highest BCUT2D eigenvalue weighted by molar-refractivity contribution is 5.77. The fourth-order valence-corrected chi connectivity index (χ4v) is 3.16. The van der Waals surface area contributed by atoms with Crippen molar-refractivity contribution in [3.63, 3.8) is 0 Å². The first-order valence-corrected chi connectivity index (χ1v) is 9.55. The third-order valence-electron chi connectivity index (χ3n) is 4.75. The van der Waals surface area contributed by atoms with E-state index in [0.29, 0.717) is 6.61 Å². The Hall–Kier alpha value is -3.08. The van der Waals surface area contributed by atoms with Gasteiger partial charge in [0.05, 0.1) is 13.2 Å². The third-order valence-corrected chi connectivity index (χ3v) is 4.75. The van der Waals surface area contributed by atoms with Crippen LogP contribution in [0.1, 0.15) is 25.0 Å². The number of phenolic OH excluding ortho intramolecular Hbond substituents is 1. The fourth-order valence-electron chi connectivity index (χ4n) is 3.16. The average molecular weight is 390 g/mol. The lowest BCUT2D eigenvalue weighted by atomic mass is 9.91. The van der Waals surface area contributed by atoms with E-state index in [9.17, 15) is 15.3 Å². The van der Waals surface area contributed by atoms with Crippen LogP contribution in [0.25, 0.3) is 22.3 Å². The Kier molecular flexibility index (Phi) is 6.70. The predicted molar refractivity (Wildman–Crippen MR) is 116 cm³/mol. The van der Waals surface area contributed by atoms with Gasteiger partial charge in [-0.25, -0.2) is 0 Å². The number of aliphatic hydroxyl groups is 2. The molecular formula is C25H26O4. The van der Waals surface area contributed by atoms with Crippen molar-refractivity contribution in [2.24, 2.45) is 0 Å². The molecule has 3 aromatic carbocycles. The van der Waals surface area contributed by atoms with Crippen molar-refractivity contribution in [2.75, 3.05) is 6.61 Å². The Bertz CT molecular complexity index is 983. The molecule has 0 saturated heterocycles. The summed E-state index contributed by atoms with van der Waals surface area (Å²) in [6, 6.07) is 18.3. The van der Waals surface area contributed by atoms with Gasteiger partial charge in [-0.05, 0) is 89.7 Å². The average Bonchev–Trinajstić information content (AvgIpc) is 2.73. The van der Waals surface area contributed by atoms with Crippen LogP contribution in [0.15, 0.2) is 72.3 Å². The minimum atomic E-state index is -0.126. The molecule has 0 unspecified atom stereocenters. The second-order valence-electron chi connectivity index (χ2n) is 7.15. The zero-order chi connectivity index (χ0) is 20.8. The Morgan fingerprint density at radius 1 is 0.793 bits per heavy atom. The molecule has 0 radical (unpaired) electrons. The lowest BCUT2D eigenvalue weighted by Gasteiger charge is -2.15. The van der Waals surface area contributed by atoms with E-state index in [-0.39, 0.29) is 19.0 Å². The van der Waals surface area contributed by atoms with Gasteiger partial charge in [0.2, 0.25) is 0 Å². The van der Waals surface area contributed by atoms with E-state index >= 15 is 0 Å². The summed E-state index contributed by atoms with van der Waals surface area (Å²) >= 11 is 0. The number of hydrogen-bond donors (Lipinski definition) is 3. The molecule has 0 aliphatic carbocycles. The molecule has 150 valence electrons. The van der Waals surface area contributed by atoms with Crippen molar-refractivity contribution in [3.8, 4) is 33.8 Å². The monoisotopic (exact) mass is 390 g/mol. The largest absolute Gasteiger partial charge is 0.508 e. The maximum absolute atomic E-state index is 9.95. The molecule has 0 saturated carbocycles. The second-order valence-corrected chi connectivity index (χ2v) is 7.15. The van der Waals surface area contributed by atoms with Crippen molar-refractivity contribution >= 4 is 0 Å². The van der Waals surface area contributed by atoms with Crippen LogP contribution in [0, 0.1) is 0 Å². The first kappa shape index (κ1) is 20.6. The zero-order valence-corrected chi connectivity index (χ0v) is 16.7. The number of rotatable bonds is 7. The van der Waals surface area contributed by atoms with Crippen LogP contribution in [-0.2, 0) is 13.2 Å². The number of ether oxygens (including phenoxy) is 1. The molecule has 4 nitrogen and oxygen atoms in total. The van der Waals surface area contributed by atoms with Gasteiger partial charge in [0, 0.05) is 0 Å². The Balaban J connectivity index is 1.95. The zero-order valence-electron chi connectivity index (χ0n) is 16.7. The summed E-state index contributed by atoms with van der Waals surface area (Å²) in [4.78, 5) is 0. The van der Waals surface area contributed by atoms with Crippen LogP contribution in [0.4, 0.5) is 0 Å². The quantitative estimate of drug-likeness (QED) is 0.494. The lowest BCUT2D eigenvalue weighted by Crippen LogP contribution is -1.98. The summed E-state index contributed by atoms with van der Waals surface area (Å²) in [6.07, 6.45) is 2.02. The molecule has 0 aliphatic rings. The first-order chi connectivity index (χ1) is 14.0. The molecule has 3 N–H and O–H groups in total. The number of allylic oxidation sites excluding steroid dienone is 1. The number of aromatic hydroxyl groups is 1. The molecule has 4 heteroatoms. The highest BCUT2D eigenvalue weighted by Crippen LogP contribution is 2.34. The van der Waals surface area contributed by atoms with Crippen LogP contribution in [0.2, 0.25) is 0 Å². The maximum atomic E-state index is 9.95. The van der Waals surface area contributed by atoms with Crippen LogP contribution in [0.5, 0.6) is 11.5 Å². The smallest absolute Gasteiger partial charge is 0.119 e. The van der Waals surface area contributed by atoms with Gasteiger partial charge < -0.3 is 20.1 Å². The lowest BCUT2D eigenvalue weighted by molar-refractivity contribution is 0.279. The minimum absolute atomic E-state index is 0.120. The minimum Gasteiger partial charge on any atom is -0.508 e. The number of hydrogen-bond acceptors (Lipinski definition) is 4. The predicted octanol–water partition coefficient (Wildman–Crippen LogP) is 5.06. The number of benzene rings is 3. The molecule has 0 atom stereocenters. The van der Waals surface area contributed by atoms with Crippen molar-refractivity contribution in [3.05, 3.63) is 83.4 Å². The van der Waals surface area contributed by atoms with E-state index in [2.05, 4.69) is 0 Å². The Labute approximate surface area is 171 Å². The van der Waals surface area contributed by atoms with E-state index < -0.39 is 0 Å². The third kappa shape index (κ3) is 5.05. The van der Waals surface area contributed by atoms with E-state index in [1.165, 1.54) is 5.57 Å². The molecule has 29 heavy (non-hydrogen) atoms. The van der Waals surface area contributed by atoms with Gasteiger partial charge in [0.25, 0.3) is 0 Å². The Morgan fingerprint density at radius 2 is 1.28 bits per heavy atom. The molecule has 0 amide bonds. The van der Waals surface area contributed by atoms with Crippen molar-refractivity contribution in [2.45, 2.75) is 27.1 Å². The standard InChI is InChI=1S/C25H26O4/c1-17(2)11-12-29-23-9-5-19(6-10-23)25-14-20(15-26)24(13-21(25)16-27)18-3-7-22(28)8-4-18/h3-11,13-14,26-28H,12,15-16H2,1-2H3. The van der Waals surface area contributed by atoms with Crippen LogP contribution in [-0.4, -0.2) is 21.9 Å². The molecule has 0 aromatic heterocycles. The van der Waals surface area contributed by atoms with Gasteiger partial charge in [0.15, 0.2) is 0 Å². The van der Waals surface area contributed by atoms with Crippen LogP contribution in [0.3, 0.4) is 0 Å². The summed E-state index contributed by atoms with van der Waals surface area (Å²) < 4.78 is 5.71. The Morgan fingerprint density at radius 3 is 1.72 bits per heavy atom. The second kappa shape index (κ2) is 9.41. The summed E-state index contributed by atoms with van der Waals surface area (Å²) in [5.74, 6) is 0.963. The number of phenols is 1. The molecule has 0 spiro atoms. The van der Waals surface area contributed by atoms with Crippen LogP contribution < -0.4 is 4.74 Å². The van der Waals surface area contributed by atoms with Crippen molar-refractivity contribution in [1.82, 2.24) is 0 Å². The summed E-state index contributed by atoms with van der Waals surface area (Å²) in [6.45, 7) is 4.34. The highest BCUT2D eigenvalue weighted by atomic mass is 16.5. The van der Waals surface area contributed by atoms with Crippen molar-refractivity contribution < 1.29 is 20.1 Å². The normalized spacial score (nSPS) is 10.6. The van der Waals surface area contributed by atoms with Gasteiger partial charge in [-0.15, -0.1) is 0 Å². The van der Waals surface area contributed by atoms with Crippen molar-refractivity contribution in [1.29, 1.82) is 0 Å². The SMILES string of the molecule is CC(C)=CCOc1ccc(-c2cc(CO)c(-c3ccc(O)cc3)cc2CO)cc1. The molecule has 0 aliphatic heterocycles. The first-order valence-electron chi connectivity index (χ1n) is 9.55. The molecule has 0 fully saturated rings. The molecule has 0 bridgehead atoms.